The Labute approximate surface area is 146 Å². The summed E-state index contributed by atoms with van der Waals surface area (Å²) in [7, 11) is 0. The third kappa shape index (κ3) is 3.31. The van der Waals surface area contributed by atoms with Crippen molar-refractivity contribution < 1.29 is 4.79 Å². The Balaban J connectivity index is 1.96. The molecule has 0 bridgehead atoms. The van der Waals surface area contributed by atoms with Gasteiger partial charge in [-0.25, -0.2) is 4.98 Å². The molecule has 1 aromatic heterocycles. The summed E-state index contributed by atoms with van der Waals surface area (Å²) in [6.45, 7) is 5.78. The largest absolute Gasteiger partial charge is 0.324 e. The van der Waals surface area contributed by atoms with Crippen LogP contribution in [0.3, 0.4) is 0 Å². The molecule has 3 rings (SSSR count). The predicted octanol–water partition coefficient (Wildman–Crippen LogP) is 3.21. The summed E-state index contributed by atoms with van der Waals surface area (Å²) in [6.07, 6.45) is 0.580. The topological polar surface area (TPSA) is 64.0 Å². The first-order valence-electron chi connectivity index (χ1n) is 8.35. The first-order chi connectivity index (χ1) is 12.0. The first-order valence-corrected chi connectivity index (χ1v) is 8.35. The van der Waals surface area contributed by atoms with Crippen LogP contribution in [0.5, 0.6) is 0 Å². The van der Waals surface area contributed by atoms with E-state index in [1.165, 1.54) is 4.57 Å². The van der Waals surface area contributed by atoms with Crippen LogP contribution >= 0.6 is 0 Å². The number of carbonyl (C=O) groups is 1. The highest BCUT2D eigenvalue weighted by atomic mass is 16.2. The fourth-order valence-electron chi connectivity index (χ4n) is 2.98. The van der Waals surface area contributed by atoms with Gasteiger partial charge >= 0.3 is 0 Å². The number of hydrogen-bond donors (Lipinski definition) is 1. The lowest BCUT2D eigenvalue weighted by Crippen LogP contribution is -2.31. The lowest BCUT2D eigenvalue weighted by atomic mass is 10.1. The van der Waals surface area contributed by atoms with E-state index in [1.807, 2.05) is 51.1 Å². The quantitative estimate of drug-likeness (QED) is 0.796. The Morgan fingerprint density at radius 2 is 1.76 bits per heavy atom. The van der Waals surface area contributed by atoms with Gasteiger partial charge in [0.05, 0.1) is 10.9 Å². The predicted molar refractivity (Wildman–Crippen MR) is 99.9 cm³/mol. The molecule has 25 heavy (non-hydrogen) atoms. The van der Waals surface area contributed by atoms with E-state index in [1.54, 1.807) is 12.1 Å². The summed E-state index contributed by atoms with van der Waals surface area (Å²) >= 11 is 0. The summed E-state index contributed by atoms with van der Waals surface area (Å²) in [4.78, 5) is 29.8. The van der Waals surface area contributed by atoms with E-state index in [0.29, 0.717) is 23.1 Å². The highest BCUT2D eigenvalue weighted by molar-refractivity contribution is 5.92. The van der Waals surface area contributed by atoms with Gasteiger partial charge in [0, 0.05) is 12.1 Å². The highest BCUT2D eigenvalue weighted by Crippen LogP contribution is 2.19. The van der Waals surface area contributed by atoms with Crippen LogP contribution in [0.2, 0.25) is 0 Å². The van der Waals surface area contributed by atoms with Crippen molar-refractivity contribution in [2.75, 3.05) is 5.32 Å². The van der Waals surface area contributed by atoms with Crippen LogP contribution in [0.15, 0.2) is 47.3 Å². The second-order valence-electron chi connectivity index (χ2n) is 6.11. The zero-order valence-corrected chi connectivity index (χ0v) is 14.7. The van der Waals surface area contributed by atoms with Gasteiger partial charge in [0.15, 0.2) is 0 Å². The summed E-state index contributed by atoms with van der Waals surface area (Å²) in [5.74, 6) is 0.381. The van der Waals surface area contributed by atoms with Crippen molar-refractivity contribution >= 4 is 22.5 Å². The van der Waals surface area contributed by atoms with Crippen molar-refractivity contribution in [3.8, 4) is 0 Å². The number of rotatable bonds is 4. The van der Waals surface area contributed by atoms with E-state index in [4.69, 9.17) is 0 Å². The average Bonchev–Trinajstić information content (AvgIpc) is 2.60. The van der Waals surface area contributed by atoms with Crippen molar-refractivity contribution in [2.24, 2.45) is 0 Å². The summed E-state index contributed by atoms with van der Waals surface area (Å²) in [6, 6.07) is 13.1. The number of aryl methyl sites for hydroxylation is 3. The molecule has 1 N–H and O–H groups in total. The van der Waals surface area contributed by atoms with E-state index in [9.17, 15) is 9.59 Å². The average molecular weight is 335 g/mol. The van der Waals surface area contributed by atoms with Crippen LogP contribution in [0.1, 0.15) is 23.9 Å². The maximum atomic E-state index is 12.8. The molecule has 2 aromatic carbocycles. The third-order valence-corrected chi connectivity index (χ3v) is 4.30. The second kappa shape index (κ2) is 6.89. The van der Waals surface area contributed by atoms with Crippen molar-refractivity contribution in [1.82, 2.24) is 9.55 Å². The number of para-hydroxylation sites is 2. The molecule has 0 aliphatic rings. The minimum atomic E-state index is -0.230. The Morgan fingerprint density at radius 3 is 2.44 bits per heavy atom. The van der Waals surface area contributed by atoms with E-state index >= 15 is 0 Å². The zero-order chi connectivity index (χ0) is 18.0. The lowest BCUT2D eigenvalue weighted by Gasteiger charge is -2.14. The van der Waals surface area contributed by atoms with Gasteiger partial charge in [0.2, 0.25) is 5.91 Å². The zero-order valence-electron chi connectivity index (χ0n) is 14.7. The molecule has 0 spiro atoms. The molecule has 0 atom stereocenters. The number of hydrogen-bond acceptors (Lipinski definition) is 3. The molecule has 0 saturated carbocycles. The van der Waals surface area contributed by atoms with E-state index in [-0.39, 0.29) is 18.0 Å². The van der Waals surface area contributed by atoms with Crippen molar-refractivity contribution in [3.05, 3.63) is 69.8 Å². The van der Waals surface area contributed by atoms with Crippen molar-refractivity contribution in [3.63, 3.8) is 0 Å². The van der Waals surface area contributed by atoms with Crippen LogP contribution in [0.25, 0.3) is 10.9 Å². The van der Waals surface area contributed by atoms with Gasteiger partial charge in [-0.2, -0.15) is 0 Å². The number of nitrogens with zero attached hydrogens (tertiary/aromatic N) is 2. The maximum Gasteiger partial charge on any atom is 0.261 e. The van der Waals surface area contributed by atoms with Crippen LogP contribution in [0, 0.1) is 13.8 Å². The third-order valence-electron chi connectivity index (χ3n) is 4.30. The minimum Gasteiger partial charge on any atom is -0.324 e. The first kappa shape index (κ1) is 16.9. The molecule has 3 aromatic rings. The highest BCUT2D eigenvalue weighted by Gasteiger charge is 2.14. The lowest BCUT2D eigenvalue weighted by molar-refractivity contribution is -0.116. The molecular weight excluding hydrogens is 314 g/mol. The van der Waals surface area contributed by atoms with E-state index in [0.717, 1.165) is 16.8 Å². The maximum absolute atomic E-state index is 12.8. The Kier molecular flexibility index (Phi) is 4.65. The van der Waals surface area contributed by atoms with Crippen molar-refractivity contribution in [2.45, 2.75) is 33.7 Å². The van der Waals surface area contributed by atoms with Crippen LogP contribution in [-0.2, 0) is 17.8 Å². The van der Waals surface area contributed by atoms with Gasteiger partial charge in [-0.15, -0.1) is 0 Å². The summed E-state index contributed by atoms with van der Waals surface area (Å²) in [5.41, 5.74) is 3.27. The van der Waals surface area contributed by atoms with Crippen LogP contribution in [0.4, 0.5) is 5.69 Å². The molecule has 5 heteroatoms. The molecule has 0 radical (unpaired) electrons. The summed E-state index contributed by atoms with van der Waals surface area (Å²) in [5, 5.41) is 3.45. The second-order valence-corrected chi connectivity index (χ2v) is 6.11. The number of benzene rings is 2. The number of fused-ring (bicyclic) bond motifs is 1. The molecule has 0 unspecified atom stereocenters. The summed E-state index contributed by atoms with van der Waals surface area (Å²) < 4.78 is 1.46. The van der Waals surface area contributed by atoms with Crippen LogP contribution in [-0.4, -0.2) is 15.5 Å². The molecule has 0 aliphatic heterocycles. The molecular formula is C20H21N3O2. The Bertz CT molecular complexity index is 985. The van der Waals surface area contributed by atoms with Crippen LogP contribution < -0.4 is 10.9 Å². The standard InChI is InChI=1S/C20H21N3O2/c1-4-17-21-16-11-6-5-10-15(16)20(25)23(17)12-18(24)22-19-13(2)8-7-9-14(19)3/h5-11H,4,12H2,1-3H3,(H,22,24). The van der Waals surface area contributed by atoms with Crippen molar-refractivity contribution in [1.29, 1.82) is 0 Å². The molecule has 1 amide bonds. The smallest absolute Gasteiger partial charge is 0.261 e. The molecule has 0 fully saturated rings. The van der Waals surface area contributed by atoms with Gasteiger partial charge in [0.1, 0.15) is 12.4 Å². The monoisotopic (exact) mass is 335 g/mol. The number of anilines is 1. The molecule has 128 valence electrons. The van der Waals surface area contributed by atoms with Gasteiger partial charge in [-0.3, -0.25) is 14.2 Å². The minimum absolute atomic E-state index is 0.0480. The molecule has 1 heterocycles. The Hall–Kier alpha value is -2.95. The number of carbonyl (C=O) groups excluding carboxylic acids is 1. The number of nitrogens with one attached hydrogen (secondary N) is 1. The van der Waals surface area contributed by atoms with Gasteiger partial charge in [-0.1, -0.05) is 37.3 Å². The molecule has 5 nitrogen and oxygen atoms in total. The van der Waals surface area contributed by atoms with E-state index in [2.05, 4.69) is 10.3 Å². The van der Waals surface area contributed by atoms with Gasteiger partial charge in [-0.05, 0) is 37.1 Å². The fourth-order valence-corrected chi connectivity index (χ4v) is 2.98. The van der Waals surface area contributed by atoms with E-state index < -0.39 is 0 Å². The normalized spacial score (nSPS) is 10.8. The number of amides is 1. The fraction of sp³-hybridized carbons (Fsp3) is 0.250. The Morgan fingerprint density at radius 1 is 1.08 bits per heavy atom. The number of aromatic nitrogens is 2. The SMILES string of the molecule is CCc1nc2ccccc2c(=O)n1CC(=O)Nc1c(C)cccc1C. The molecule has 0 saturated heterocycles. The van der Waals surface area contributed by atoms with Gasteiger partial charge in [0.25, 0.3) is 5.56 Å². The molecule has 0 aliphatic carbocycles. The van der Waals surface area contributed by atoms with Gasteiger partial charge < -0.3 is 5.32 Å².